The summed E-state index contributed by atoms with van der Waals surface area (Å²) in [6.45, 7) is 3.43. The predicted octanol–water partition coefficient (Wildman–Crippen LogP) is 3.12. The molecule has 0 saturated carbocycles. The van der Waals surface area contributed by atoms with Gasteiger partial charge < -0.3 is 10.6 Å². The minimum Gasteiger partial charge on any atom is -0.340 e. The van der Waals surface area contributed by atoms with Crippen molar-refractivity contribution >= 4 is 28.7 Å². The van der Waals surface area contributed by atoms with Gasteiger partial charge in [0.2, 0.25) is 0 Å². The van der Waals surface area contributed by atoms with Gasteiger partial charge in [-0.15, -0.1) is 0 Å². The number of benzene rings is 2. The number of hydrogen-bond acceptors (Lipinski definition) is 5. The molecule has 0 aliphatic rings. The van der Waals surface area contributed by atoms with Crippen molar-refractivity contribution < 1.29 is 4.79 Å². The number of fused-ring (bicyclic) bond motifs is 1. The first kappa shape index (κ1) is 22.0. The fourth-order valence-electron chi connectivity index (χ4n) is 4.01. The molecule has 0 bridgehead atoms. The average molecular weight is 470 g/mol. The summed E-state index contributed by atoms with van der Waals surface area (Å²) in [6, 6.07) is 19.7. The smallest absolute Gasteiger partial charge is 0.295 e. The molecule has 3 aromatic heterocycles. The second-order valence-corrected chi connectivity index (χ2v) is 8.14. The van der Waals surface area contributed by atoms with E-state index in [1.165, 1.54) is 15.3 Å². The monoisotopic (exact) mass is 469 g/mol. The average Bonchev–Trinajstić information content (AvgIpc) is 3.30. The van der Waals surface area contributed by atoms with E-state index in [-0.39, 0.29) is 33.8 Å². The highest BCUT2D eigenvalue weighted by Crippen LogP contribution is 2.24. The highest BCUT2D eigenvalue weighted by molar-refractivity contribution is 6.12. The normalized spacial score (nSPS) is 11.1. The number of nitrogens with zero attached hydrogens (tertiary/aromatic N) is 4. The maximum atomic E-state index is 13.6. The first-order valence-electron chi connectivity index (χ1n) is 10.9. The van der Waals surface area contributed by atoms with Gasteiger partial charge in [-0.2, -0.15) is 4.52 Å². The Labute approximate surface area is 199 Å². The molecule has 5 aromatic rings. The van der Waals surface area contributed by atoms with Crippen molar-refractivity contribution in [3.8, 4) is 5.69 Å². The number of anilines is 3. The van der Waals surface area contributed by atoms with E-state index in [0.717, 1.165) is 0 Å². The van der Waals surface area contributed by atoms with Crippen LogP contribution in [-0.2, 0) is 7.05 Å². The van der Waals surface area contributed by atoms with E-state index in [4.69, 9.17) is 0 Å². The number of nitrogens with one attached hydrogen (secondary N) is 3. The lowest BCUT2D eigenvalue weighted by Gasteiger charge is -2.08. The molecule has 176 valence electrons. The maximum Gasteiger partial charge on any atom is 0.295 e. The van der Waals surface area contributed by atoms with Crippen LogP contribution in [0, 0.1) is 13.8 Å². The lowest BCUT2D eigenvalue weighted by Crippen LogP contribution is -2.23. The van der Waals surface area contributed by atoms with Crippen LogP contribution in [-0.4, -0.2) is 29.9 Å². The summed E-state index contributed by atoms with van der Waals surface area (Å²) >= 11 is 0. The predicted molar refractivity (Wildman–Crippen MR) is 134 cm³/mol. The number of para-hydroxylation sites is 2. The summed E-state index contributed by atoms with van der Waals surface area (Å²) in [4.78, 5) is 43.9. The van der Waals surface area contributed by atoms with Crippen molar-refractivity contribution in [1.29, 1.82) is 0 Å². The zero-order valence-corrected chi connectivity index (χ0v) is 19.4. The number of carbonyl (C=O) groups excluding carboxylic acids is 1. The van der Waals surface area contributed by atoms with Crippen molar-refractivity contribution in [2.75, 3.05) is 10.6 Å². The zero-order chi connectivity index (χ0) is 24.7. The minimum atomic E-state index is -0.578. The van der Waals surface area contributed by atoms with Gasteiger partial charge in [0.25, 0.3) is 17.0 Å². The molecule has 0 radical (unpaired) electrons. The number of hydrogen-bond donors (Lipinski definition) is 3. The number of amides is 1. The summed E-state index contributed by atoms with van der Waals surface area (Å²) < 4.78 is 4.36. The van der Waals surface area contributed by atoms with Crippen molar-refractivity contribution in [3.63, 3.8) is 0 Å². The number of rotatable bonds is 5. The van der Waals surface area contributed by atoms with E-state index in [9.17, 15) is 14.4 Å². The molecule has 0 fully saturated rings. The van der Waals surface area contributed by atoms with E-state index >= 15 is 0 Å². The highest BCUT2D eigenvalue weighted by atomic mass is 16.2. The number of H-pyrrole nitrogens is 1. The summed E-state index contributed by atoms with van der Waals surface area (Å²) in [5.41, 5.74) is 2.11. The van der Waals surface area contributed by atoms with E-state index in [0.29, 0.717) is 22.8 Å². The number of aromatic amines is 1. The zero-order valence-electron chi connectivity index (χ0n) is 19.4. The van der Waals surface area contributed by atoms with Gasteiger partial charge >= 0.3 is 0 Å². The van der Waals surface area contributed by atoms with Crippen LogP contribution in [0.5, 0.6) is 0 Å². The van der Waals surface area contributed by atoms with Crippen molar-refractivity contribution in [2.45, 2.75) is 13.8 Å². The highest BCUT2D eigenvalue weighted by Gasteiger charge is 2.25. The number of aromatic nitrogens is 5. The molecule has 10 nitrogen and oxygen atoms in total. The Morgan fingerprint density at radius 2 is 1.63 bits per heavy atom. The molecule has 0 aliphatic heterocycles. The molecule has 0 aliphatic carbocycles. The minimum absolute atomic E-state index is 0.114. The van der Waals surface area contributed by atoms with Crippen LogP contribution in [0.3, 0.4) is 0 Å². The first-order chi connectivity index (χ1) is 16.8. The molecule has 2 aromatic carbocycles. The van der Waals surface area contributed by atoms with Crippen LogP contribution in [0.15, 0.2) is 76.3 Å². The molecule has 35 heavy (non-hydrogen) atoms. The molecule has 0 spiro atoms. The topological polar surface area (TPSA) is 118 Å². The molecule has 0 saturated heterocycles. The van der Waals surface area contributed by atoms with Crippen molar-refractivity contribution in [3.05, 3.63) is 104 Å². The van der Waals surface area contributed by atoms with Gasteiger partial charge in [0.1, 0.15) is 17.1 Å². The fourth-order valence-corrected chi connectivity index (χ4v) is 4.01. The molecule has 0 atom stereocenters. The van der Waals surface area contributed by atoms with Crippen LogP contribution in [0.2, 0.25) is 0 Å². The van der Waals surface area contributed by atoms with Crippen LogP contribution in [0.25, 0.3) is 11.3 Å². The Morgan fingerprint density at radius 1 is 0.971 bits per heavy atom. The first-order valence-corrected chi connectivity index (χ1v) is 10.9. The largest absolute Gasteiger partial charge is 0.340 e. The molecule has 0 unspecified atom stereocenters. The molecule has 3 N–H and O–H groups in total. The summed E-state index contributed by atoms with van der Waals surface area (Å²) in [7, 11) is 1.75. The molecule has 5 rings (SSSR count). The van der Waals surface area contributed by atoms with Crippen LogP contribution < -0.4 is 21.8 Å². The second kappa shape index (κ2) is 8.49. The molecular weight excluding hydrogens is 446 g/mol. The third kappa shape index (κ3) is 3.80. The second-order valence-electron chi connectivity index (χ2n) is 8.14. The quantitative estimate of drug-likeness (QED) is 0.366. The third-order valence-corrected chi connectivity index (χ3v) is 5.81. The standard InChI is InChI=1S/C25H23N7O3/c1-15-14-19(33)31-23(26-15)20(22(29-31)27-17-10-6-4-7-11-17)24(34)28-21-16(2)30(3)32(25(21)35)18-12-8-5-9-13-18/h4-14,27,29H,1-3H3,(H,28,34). The number of aryl methyl sites for hydroxylation is 1. The van der Waals surface area contributed by atoms with Crippen LogP contribution in [0.4, 0.5) is 17.2 Å². The van der Waals surface area contributed by atoms with Gasteiger partial charge in [0.15, 0.2) is 5.65 Å². The van der Waals surface area contributed by atoms with E-state index in [1.807, 2.05) is 60.7 Å². The molecule has 1 amide bonds. The van der Waals surface area contributed by atoms with Gasteiger partial charge in [-0.1, -0.05) is 36.4 Å². The summed E-state index contributed by atoms with van der Waals surface area (Å²) in [5.74, 6) is -0.299. The Bertz CT molecular complexity index is 1680. The molecule has 10 heteroatoms. The van der Waals surface area contributed by atoms with Gasteiger partial charge in [0, 0.05) is 24.5 Å². The maximum absolute atomic E-state index is 13.6. The van der Waals surface area contributed by atoms with E-state index < -0.39 is 5.91 Å². The summed E-state index contributed by atoms with van der Waals surface area (Å²) in [5, 5.41) is 8.83. The SMILES string of the molecule is Cc1cc(=O)n2[nH]c(Nc3ccccc3)c(C(=O)Nc3c(C)n(C)n(-c4ccccc4)c3=O)c2n1. The van der Waals surface area contributed by atoms with Crippen LogP contribution >= 0.6 is 0 Å². The Kier molecular flexibility index (Phi) is 5.33. The molecular formula is C25H23N7O3. The third-order valence-electron chi connectivity index (χ3n) is 5.81. The van der Waals surface area contributed by atoms with Gasteiger partial charge in [-0.05, 0) is 38.1 Å². The van der Waals surface area contributed by atoms with Crippen LogP contribution in [0.1, 0.15) is 21.7 Å². The van der Waals surface area contributed by atoms with Gasteiger partial charge in [0.05, 0.1) is 11.4 Å². The van der Waals surface area contributed by atoms with Gasteiger partial charge in [-0.3, -0.25) is 24.2 Å². The van der Waals surface area contributed by atoms with E-state index in [2.05, 4.69) is 20.7 Å². The van der Waals surface area contributed by atoms with E-state index in [1.54, 1.807) is 25.6 Å². The fraction of sp³-hybridized carbons (Fsp3) is 0.120. The molecule has 3 heterocycles. The van der Waals surface area contributed by atoms with Gasteiger partial charge in [-0.25, -0.2) is 9.67 Å². The lowest BCUT2D eigenvalue weighted by molar-refractivity contribution is 0.102. The Morgan fingerprint density at radius 3 is 2.31 bits per heavy atom. The number of carbonyl (C=O) groups is 1. The Balaban J connectivity index is 1.62. The van der Waals surface area contributed by atoms with Crippen molar-refractivity contribution in [2.24, 2.45) is 7.05 Å². The lowest BCUT2D eigenvalue weighted by atomic mass is 10.2. The Hall–Kier alpha value is -4.86. The van der Waals surface area contributed by atoms with Crippen molar-refractivity contribution in [1.82, 2.24) is 24.0 Å². The summed E-state index contributed by atoms with van der Waals surface area (Å²) in [6.07, 6.45) is 0.